The maximum Gasteiger partial charge on any atom is 0.279 e. The number of piperidine rings is 1. The minimum Gasteiger partial charge on any atom is -0.317 e. The summed E-state index contributed by atoms with van der Waals surface area (Å²) in [6.45, 7) is 5.86. The summed E-state index contributed by atoms with van der Waals surface area (Å²) in [5.41, 5.74) is 1.40. The van der Waals surface area contributed by atoms with Crippen LogP contribution < -0.4 is 4.80 Å². The number of aromatic nitrogens is 1. The topological polar surface area (TPSA) is 71.7 Å². The Balaban J connectivity index is 1.63. The largest absolute Gasteiger partial charge is 0.317 e. The fraction of sp³-hybridized carbons (Fsp3) is 0.364. The molecule has 6 nitrogen and oxygen atoms in total. The van der Waals surface area contributed by atoms with Crippen molar-refractivity contribution in [1.29, 1.82) is 0 Å². The summed E-state index contributed by atoms with van der Waals surface area (Å²) >= 11 is 4.93. The third kappa shape index (κ3) is 4.55. The molecule has 1 aliphatic rings. The molecule has 0 radical (unpaired) electrons. The number of benzene rings is 2. The maximum atomic E-state index is 12.9. The van der Waals surface area contributed by atoms with Crippen molar-refractivity contribution in [2.24, 2.45) is 10.9 Å². The van der Waals surface area contributed by atoms with Gasteiger partial charge in [-0.3, -0.25) is 4.79 Å². The highest BCUT2D eigenvalue weighted by Crippen LogP contribution is 2.24. The number of rotatable bonds is 4. The Morgan fingerprint density at radius 3 is 2.65 bits per heavy atom. The highest BCUT2D eigenvalue weighted by Gasteiger charge is 2.28. The van der Waals surface area contributed by atoms with Crippen LogP contribution in [0.5, 0.6) is 0 Å². The van der Waals surface area contributed by atoms with Crippen molar-refractivity contribution < 1.29 is 13.2 Å². The van der Waals surface area contributed by atoms with Gasteiger partial charge in [-0.05, 0) is 68.1 Å². The second-order valence-corrected chi connectivity index (χ2v) is 11.7. The molecule has 3 aromatic rings. The Kier molecular flexibility index (Phi) is 6.48. The molecule has 1 fully saturated rings. The number of amides is 1. The molecule has 1 aromatic heterocycles. The zero-order chi connectivity index (χ0) is 22.2. The van der Waals surface area contributed by atoms with Crippen LogP contribution in [0.1, 0.15) is 37.0 Å². The number of halogens is 1. The van der Waals surface area contributed by atoms with Gasteiger partial charge in [0.25, 0.3) is 5.91 Å². The Hall–Kier alpha value is -1.81. The predicted molar refractivity (Wildman–Crippen MR) is 127 cm³/mol. The fourth-order valence-corrected chi connectivity index (χ4v) is 7.12. The van der Waals surface area contributed by atoms with Crippen molar-refractivity contribution in [2.75, 3.05) is 13.1 Å². The second-order valence-electron chi connectivity index (χ2n) is 7.79. The van der Waals surface area contributed by atoms with Gasteiger partial charge in [-0.15, -0.1) is 0 Å². The lowest BCUT2D eigenvalue weighted by Gasteiger charge is -2.30. The Morgan fingerprint density at radius 1 is 1.23 bits per heavy atom. The number of fused-ring (bicyclic) bond motifs is 1. The highest BCUT2D eigenvalue weighted by atomic mass is 79.9. The standard InChI is InChI=1S/C22H24BrN3O3S2/c1-3-26-19-11-8-17(23)13-20(19)30-22(26)24-21(27)16-6-9-18(10-7-16)31(28,29)25-12-4-5-15(2)14-25/h6-11,13,15H,3-5,12,14H2,1-2H3. The molecule has 2 heterocycles. The summed E-state index contributed by atoms with van der Waals surface area (Å²) in [6, 6.07) is 12.1. The predicted octanol–water partition coefficient (Wildman–Crippen LogP) is 4.65. The zero-order valence-electron chi connectivity index (χ0n) is 17.4. The number of hydrogen-bond donors (Lipinski definition) is 0. The van der Waals surface area contributed by atoms with E-state index in [1.807, 2.05) is 29.7 Å². The molecular weight excluding hydrogens is 498 g/mol. The van der Waals surface area contributed by atoms with E-state index >= 15 is 0 Å². The van der Waals surface area contributed by atoms with Crippen molar-refractivity contribution >= 4 is 53.4 Å². The van der Waals surface area contributed by atoms with Crippen molar-refractivity contribution in [1.82, 2.24) is 8.87 Å². The van der Waals surface area contributed by atoms with E-state index in [-0.39, 0.29) is 10.8 Å². The van der Waals surface area contributed by atoms with Gasteiger partial charge in [-0.1, -0.05) is 34.2 Å². The zero-order valence-corrected chi connectivity index (χ0v) is 20.6. The number of hydrogen-bond acceptors (Lipinski definition) is 4. The number of carbonyl (C=O) groups is 1. The molecule has 0 aliphatic carbocycles. The van der Waals surface area contributed by atoms with Gasteiger partial charge in [-0.2, -0.15) is 9.30 Å². The summed E-state index contributed by atoms with van der Waals surface area (Å²) in [5.74, 6) is -0.0289. The SMILES string of the molecule is CCn1c(=NC(=O)c2ccc(S(=O)(=O)N3CCCC(C)C3)cc2)sc2cc(Br)ccc21. The van der Waals surface area contributed by atoms with Gasteiger partial charge in [0, 0.05) is 29.7 Å². The first-order valence-electron chi connectivity index (χ1n) is 10.3. The molecule has 0 spiro atoms. The van der Waals surface area contributed by atoms with Crippen LogP contribution in [0.15, 0.2) is 56.8 Å². The number of thiazole rings is 1. The quantitative estimate of drug-likeness (QED) is 0.501. The van der Waals surface area contributed by atoms with Gasteiger partial charge in [0.1, 0.15) is 0 Å². The van der Waals surface area contributed by atoms with E-state index in [0.717, 1.165) is 27.5 Å². The Bertz CT molecular complexity index is 1290. The molecule has 4 rings (SSSR count). The lowest BCUT2D eigenvalue weighted by atomic mass is 10.0. The van der Waals surface area contributed by atoms with E-state index in [4.69, 9.17) is 0 Å². The van der Waals surface area contributed by atoms with Gasteiger partial charge < -0.3 is 4.57 Å². The highest BCUT2D eigenvalue weighted by molar-refractivity contribution is 9.10. The molecule has 1 amide bonds. The van der Waals surface area contributed by atoms with Crippen molar-refractivity contribution in [3.05, 3.63) is 57.3 Å². The van der Waals surface area contributed by atoms with Gasteiger partial charge >= 0.3 is 0 Å². The van der Waals surface area contributed by atoms with Crippen LogP contribution in [0, 0.1) is 5.92 Å². The molecule has 2 aromatic carbocycles. The van der Waals surface area contributed by atoms with Crippen LogP contribution in [0.2, 0.25) is 0 Å². The molecule has 164 valence electrons. The normalized spacial score (nSPS) is 18.5. The monoisotopic (exact) mass is 521 g/mol. The molecular formula is C22H24BrN3O3S2. The third-order valence-electron chi connectivity index (χ3n) is 5.52. The first-order valence-corrected chi connectivity index (χ1v) is 13.3. The Morgan fingerprint density at radius 2 is 1.97 bits per heavy atom. The summed E-state index contributed by atoms with van der Waals surface area (Å²) < 4.78 is 31.4. The molecule has 1 atom stereocenters. The number of carbonyl (C=O) groups excluding carboxylic acids is 1. The minimum atomic E-state index is -3.54. The van der Waals surface area contributed by atoms with E-state index in [9.17, 15) is 13.2 Å². The molecule has 0 bridgehead atoms. The minimum absolute atomic E-state index is 0.216. The van der Waals surface area contributed by atoms with Crippen LogP contribution >= 0.6 is 27.3 Å². The fourth-order valence-electron chi connectivity index (χ4n) is 3.87. The smallest absolute Gasteiger partial charge is 0.279 e. The van der Waals surface area contributed by atoms with E-state index in [0.29, 0.717) is 35.9 Å². The van der Waals surface area contributed by atoms with E-state index in [1.54, 1.807) is 16.4 Å². The molecule has 0 saturated carbocycles. The van der Waals surface area contributed by atoms with Gasteiger partial charge in [0.05, 0.1) is 15.1 Å². The van der Waals surface area contributed by atoms with Gasteiger partial charge in [0.15, 0.2) is 4.80 Å². The molecule has 1 saturated heterocycles. The summed E-state index contributed by atoms with van der Waals surface area (Å²) in [7, 11) is -3.54. The van der Waals surface area contributed by atoms with Gasteiger partial charge in [-0.25, -0.2) is 8.42 Å². The molecule has 1 unspecified atom stereocenters. The number of sulfonamides is 1. The lowest BCUT2D eigenvalue weighted by Crippen LogP contribution is -2.39. The maximum absolute atomic E-state index is 12.9. The van der Waals surface area contributed by atoms with Crippen LogP contribution in [-0.4, -0.2) is 36.3 Å². The van der Waals surface area contributed by atoms with Crippen LogP contribution in [0.25, 0.3) is 10.2 Å². The lowest BCUT2D eigenvalue weighted by molar-refractivity contribution is 0.0997. The van der Waals surface area contributed by atoms with Crippen molar-refractivity contribution in [3.8, 4) is 0 Å². The Labute approximate surface area is 194 Å². The first kappa shape index (κ1) is 22.4. The first-order chi connectivity index (χ1) is 14.8. The average Bonchev–Trinajstić information content (AvgIpc) is 3.09. The van der Waals surface area contributed by atoms with Crippen LogP contribution in [0.3, 0.4) is 0 Å². The molecule has 1 aliphatic heterocycles. The van der Waals surface area contributed by atoms with Crippen molar-refractivity contribution in [2.45, 2.75) is 38.1 Å². The van der Waals surface area contributed by atoms with E-state index in [1.165, 1.54) is 23.5 Å². The van der Waals surface area contributed by atoms with Crippen molar-refractivity contribution in [3.63, 3.8) is 0 Å². The molecule has 31 heavy (non-hydrogen) atoms. The second kappa shape index (κ2) is 8.97. The van der Waals surface area contributed by atoms with Crippen LogP contribution in [-0.2, 0) is 16.6 Å². The molecule has 9 heteroatoms. The summed E-state index contributed by atoms with van der Waals surface area (Å²) in [6.07, 6.45) is 1.92. The molecule has 0 N–H and O–H groups in total. The number of nitrogens with zero attached hydrogens (tertiary/aromatic N) is 3. The summed E-state index contributed by atoms with van der Waals surface area (Å²) in [4.78, 5) is 18.0. The van der Waals surface area contributed by atoms with E-state index < -0.39 is 10.0 Å². The summed E-state index contributed by atoms with van der Waals surface area (Å²) in [5, 5.41) is 0. The van der Waals surface area contributed by atoms with E-state index in [2.05, 4.69) is 27.8 Å². The van der Waals surface area contributed by atoms with Gasteiger partial charge in [0.2, 0.25) is 10.0 Å². The third-order valence-corrected chi connectivity index (χ3v) is 8.93. The number of aryl methyl sites for hydroxylation is 1. The average molecular weight is 522 g/mol. The van der Waals surface area contributed by atoms with Crippen LogP contribution in [0.4, 0.5) is 0 Å².